The molecule has 10 heteroatoms. The number of amides is 2. The quantitative estimate of drug-likeness (QED) is 0.382. The minimum atomic E-state index is -0.462. The minimum absolute atomic E-state index is 0.299. The number of anilines is 1. The molecule has 178 valence electrons. The Morgan fingerprint density at radius 2 is 1.71 bits per heavy atom. The number of thiophene rings is 1. The van der Waals surface area contributed by atoms with Crippen LogP contribution in [-0.4, -0.2) is 48.6 Å². The summed E-state index contributed by atoms with van der Waals surface area (Å²) < 4.78 is 10.7. The summed E-state index contributed by atoms with van der Waals surface area (Å²) in [6.07, 6.45) is 0.262. The SMILES string of the molecule is COC(=O)c1ccc(C(=O)Nc2sc3c(c2-c2nc4ccccc4s2)CCN(C(=O)OC)C3)cc1. The van der Waals surface area contributed by atoms with Crippen molar-refractivity contribution in [3.8, 4) is 10.6 Å². The average Bonchev–Trinajstić information content (AvgIpc) is 3.47. The highest BCUT2D eigenvalue weighted by Crippen LogP contribution is 2.45. The monoisotopic (exact) mass is 507 g/mol. The summed E-state index contributed by atoms with van der Waals surface area (Å²) in [7, 11) is 2.68. The van der Waals surface area contributed by atoms with Crippen molar-refractivity contribution in [3.63, 3.8) is 0 Å². The molecule has 2 amide bonds. The Balaban J connectivity index is 1.52. The van der Waals surface area contributed by atoms with Crippen LogP contribution in [0.4, 0.5) is 9.80 Å². The van der Waals surface area contributed by atoms with E-state index in [2.05, 4.69) is 5.32 Å². The van der Waals surface area contributed by atoms with Gasteiger partial charge in [-0.2, -0.15) is 0 Å². The molecule has 3 heterocycles. The van der Waals surface area contributed by atoms with Crippen LogP contribution in [0.25, 0.3) is 20.8 Å². The lowest BCUT2D eigenvalue weighted by molar-refractivity contribution is 0.0600. The van der Waals surface area contributed by atoms with Crippen molar-refractivity contribution in [2.75, 3.05) is 26.1 Å². The Kier molecular flexibility index (Phi) is 6.23. The number of benzene rings is 2. The van der Waals surface area contributed by atoms with E-state index in [1.807, 2.05) is 24.3 Å². The Labute approximate surface area is 209 Å². The van der Waals surface area contributed by atoms with Gasteiger partial charge in [0.05, 0.1) is 36.5 Å². The first-order valence-electron chi connectivity index (χ1n) is 10.8. The van der Waals surface area contributed by atoms with Crippen LogP contribution in [0, 0.1) is 0 Å². The normalized spacial score (nSPS) is 12.8. The number of para-hydroxylation sites is 1. The van der Waals surface area contributed by atoms with Gasteiger partial charge in [-0.3, -0.25) is 4.79 Å². The number of nitrogens with one attached hydrogen (secondary N) is 1. The highest BCUT2D eigenvalue weighted by Gasteiger charge is 2.30. The molecule has 1 aliphatic rings. The molecular weight excluding hydrogens is 486 g/mol. The molecule has 0 saturated carbocycles. The van der Waals surface area contributed by atoms with Gasteiger partial charge in [0.2, 0.25) is 0 Å². The third-order valence-electron chi connectivity index (χ3n) is 5.79. The van der Waals surface area contributed by atoms with Crippen LogP contribution >= 0.6 is 22.7 Å². The molecule has 0 atom stereocenters. The molecule has 5 rings (SSSR count). The maximum atomic E-state index is 13.1. The van der Waals surface area contributed by atoms with Gasteiger partial charge in [-0.1, -0.05) is 12.1 Å². The molecule has 35 heavy (non-hydrogen) atoms. The van der Waals surface area contributed by atoms with Gasteiger partial charge in [0.15, 0.2) is 0 Å². The number of aromatic nitrogens is 1. The molecule has 1 N–H and O–H groups in total. The molecule has 0 unspecified atom stereocenters. The first-order chi connectivity index (χ1) is 17.0. The predicted octanol–water partition coefficient (Wildman–Crippen LogP) is 5.19. The zero-order valence-electron chi connectivity index (χ0n) is 19.0. The van der Waals surface area contributed by atoms with Gasteiger partial charge >= 0.3 is 12.1 Å². The van der Waals surface area contributed by atoms with E-state index in [4.69, 9.17) is 14.5 Å². The van der Waals surface area contributed by atoms with E-state index in [-0.39, 0.29) is 12.0 Å². The summed E-state index contributed by atoms with van der Waals surface area (Å²) in [5.41, 5.74) is 3.67. The second-order valence-corrected chi connectivity index (χ2v) is 10.00. The van der Waals surface area contributed by atoms with Crippen LogP contribution in [0.3, 0.4) is 0 Å². The fourth-order valence-electron chi connectivity index (χ4n) is 4.03. The second kappa shape index (κ2) is 9.47. The topological polar surface area (TPSA) is 97.8 Å². The van der Waals surface area contributed by atoms with Gasteiger partial charge in [0.25, 0.3) is 5.91 Å². The Hall–Kier alpha value is -3.76. The van der Waals surface area contributed by atoms with E-state index >= 15 is 0 Å². The number of esters is 1. The fraction of sp³-hybridized carbons (Fsp3) is 0.200. The van der Waals surface area contributed by atoms with Crippen molar-refractivity contribution in [2.24, 2.45) is 0 Å². The summed E-state index contributed by atoms with van der Waals surface area (Å²) in [4.78, 5) is 44.4. The molecule has 2 aromatic heterocycles. The Bertz CT molecular complexity index is 1410. The van der Waals surface area contributed by atoms with Crippen LogP contribution < -0.4 is 5.32 Å². The lowest BCUT2D eigenvalue weighted by Gasteiger charge is -2.25. The molecule has 0 spiro atoms. The molecule has 0 fully saturated rings. The standard InChI is InChI=1S/C25H21N3O5S2/c1-32-24(30)15-9-7-14(8-10-15)21(29)27-23-20(22-26-17-5-3-4-6-18(17)34-22)16-11-12-28(25(31)33-2)13-19(16)35-23/h3-10H,11-13H2,1-2H3,(H,27,29). The molecule has 8 nitrogen and oxygen atoms in total. The number of fused-ring (bicyclic) bond motifs is 2. The summed E-state index contributed by atoms with van der Waals surface area (Å²) in [6, 6.07) is 14.2. The van der Waals surface area contributed by atoms with Gasteiger partial charge in [0.1, 0.15) is 10.0 Å². The third kappa shape index (κ3) is 4.38. The molecule has 4 aromatic rings. The Morgan fingerprint density at radius 1 is 0.971 bits per heavy atom. The number of nitrogens with zero attached hydrogens (tertiary/aromatic N) is 2. The van der Waals surface area contributed by atoms with Gasteiger partial charge in [-0.25, -0.2) is 14.6 Å². The maximum absolute atomic E-state index is 13.1. The number of carbonyl (C=O) groups excluding carboxylic acids is 3. The van der Waals surface area contributed by atoms with Crippen LogP contribution in [0.5, 0.6) is 0 Å². The molecule has 0 saturated heterocycles. The molecular formula is C25H21N3O5S2. The number of carbonyl (C=O) groups is 3. The smallest absolute Gasteiger partial charge is 0.409 e. The summed E-state index contributed by atoms with van der Waals surface area (Å²) >= 11 is 3.02. The first-order valence-corrected chi connectivity index (χ1v) is 12.4. The highest BCUT2D eigenvalue weighted by molar-refractivity contribution is 7.23. The van der Waals surface area contributed by atoms with E-state index in [0.29, 0.717) is 35.6 Å². The molecule has 2 aromatic carbocycles. The minimum Gasteiger partial charge on any atom is -0.465 e. The van der Waals surface area contributed by atoms with E-state index < -0.39 is 5.97 Å². The number of methoxy groups -OCH3 is 2. The first kappa shape index (κ1) is 23.0. The second-order valence-electron chi connectivity index (χ2n) is 7.86. The lowest BCUT2D eigenvalue weighted by Crippen LogP contribution is -2.35. The fourth-order valence-corrected chi connectivity index (χ4v) is 6.40. The summed E-state index contributed by atoms with van der Waals surface area (Å²) in [5.74, 6) is -0.761. The third-order valence-corrected chi connectivity index (χ3v) is 7.98. The predicted molar refractivity (Wildman–Crippen MR) is 135 cm³/mol. The van der Waals surface area contributed by atoms with Crippen molar-refractivity contribution >= 4 is 55.9 Å². The van der Waals surface area contributed by atoms with Crippen LogP contribution in [0.2, 0.25) is 0 Å². The molecule has 1 aliphatic heterocycles. The largest absolute Gasteiger partial charge is 0.465 e. The number of hydrogen-bond donors (Lipinski definition) is 1. The molecule has 0 bridgehead atoms. The van der Waals surface area contributed by atoms with E-state index in [1.54, 1.807) is 40.5 Å². The van der Waals surface area contributed by atoms with Crippen LogP contribution in [-0.2, 0) is 22.4 Å². The van der Waals surface area contributed by atoms with Crippen molar-refractivity contribution in [1.29, 1.82) is 0 Å². The van der Waals surface area contributed by atoms with Crippen molar-refractivity contribution in [3.05, 3.63) is 70.1 Å². The number of hydrogen-bond acceptors (Lipinski definition) is 8. The summed E-state index contributed by atoms with van der Waals surface area (Å²) in [5, 5.41) is 4.55. The van der Waals surface area contributed by atoms with Crippen LogP contribution in [0.1, 0.15) is 31.2 Å². The van der Waals surface area contributed by atoms with Crippen molar-refractivity contribution in [2.45, 2.75) is 13.0 Å². The molecule has 0 aliphatic carbocycles. The zero-order chi connectivity index (χ0) is 24.5. The van der Waals surface area contributed by atoms with Gasteiger partial charge in [0, 0.05) is 22.5 Å². The van der Waals surface area contributed by atoms with Crippen LogP contribution in [0.15, 0.2) is 48.5 Å². The number of ether oxygens (including phenoxy) is 2. The van der Waals surface area contributed by atoms with Gasteiger partial charge in [-0.15, -0.1) is 22.7 Å². The molecule has 0 radical (unpaired) electrons. The highest BCUT2D eigenvalue weighted by atomic mass is 32.1. The van der Waals surface area contributed by atoms with Crippen molar-refractivity contribution in [1.82, 2.24) is 9.88 Å². The lowest BCUT2D eigenvalue weighted by atomic mass is 10.0. The van der Waals surface area contributed by atoms with E-state index in [1.165, 1.54) is 25.6 Å². The number of thiazole rings is 1. The average molecular weight is 508 g/mol. The van der Waals surface area contributed by atoms with E-state index in [0.717, 1.165) is 31.2 Å². The van der Waals surface area contributed by atoms with Crippen molar-refractivity contribution < 1.29 is 23.9 Å². The zero-order valence-corrected chi connectivity index (χ0v) is 20.6. The Morgan fingerprint density at radius 3 is 2.43 bits per heavy atom. The maximum Gasteiger partial charge on any atom is 0.409 e. The summed E-state index contributed by atoms with van der Waals surface area (Å²) in [6.45, 7) is 0.935. The van der Waals surface area contributed by atoms with Gasteiger partial charge in [-0.05, 0) is 48.4 Å². The van der Waals surface area contributed by atoms with E-state index in [9.17, 15) is 14.4 Å². The van der Waals surface area contributed by atoms with Gasteiger partial charge < -0.3 is 19.7 Å². The number of rotatable bonds is 4.